The quantitative estimate of drug-likeness (QED) is 0.568. The van der Waals surface area contributed by atoms with Crippen LogP contribution in [0.2, 0.25) is 0 Å². The molecule has 3 heteroatoms. The van der Waals surface area contributed by atoms with Gasteiger partial charge in [-0.25, -0.2) is 0 Å². The summed E-state index contributed by atoms with van der Waals surface area (Å²) in [5.74, 6) is 0.823. The van der Waals surface area contributed by atoms with Crippen LogP contribution < -0.4 is 5.32 Å². The fourth-order valence-corrected chi connectivity index (χ4v) is 2.98. The molecule has 1 aliphatic heterocycles. The monoisotopic (exact) mass is 295 g/mol. The highest BCUT2D eigenvalue weighted by atomic mass is 16.6. The fraction of sp³-hybridized carbons (Fsp3) is 0.833. The Bertz CT molecular complexity index is 350. The van der Waals surface area contributed by atoms with Crippen LogP contribution in [0.1, 0.15) is 66.7 Å². The molecule has 0 bridgehead atoms. The van der Waals surface area contributed by atoms with Crippen molar-refractivity contribution in [3.05, 3.63) is 11.6 Å². The van der Waals surface area contributed by atoms with Crippen molar-refractivity contribution in [2.24, 2.45) is 11.8 Å². The molecule has 1 saturated heterocycles. The molecule has 1 rings (SSSR count). The van der Waals surface area contributed by atoms with Crippen LogP contribution in [-0.2, 0) is 9.53 Å². The van der Waals surface area contributed by atoms with Crippen LogP contribution in [0.4, 0.5) is 0 Å². The third-order valence-electron chi connectivity index (χ3n) is 4.43. The molecule has 0 aromatic rings. The van der Waals surface area contributed by atoms with Gasteiger partial charge in [-0.05, 0) is 72.4 Å². The summed E-state index contributed by atoms with van der Waals surface area (Å²) in [6.45, 7) is 12.6. The number of esters is 1. The van der Waals surface area contributed by atoms with E-state index in [2.05, 4.69) is 46.0 Å². The molecule has 0 aromatic heterocycles. The standard InChI is InChI=1S/C18H33NO2/c1-14(2)7-6-8-15(3)13-17(20)21-18(4,5)16-9-11-19-12-10-16/h7,15-16,19H,6,8-13H2,1-5H3. The Labute approximate surface area is 130 Å². The molecule has 122 valence electrons. The van der Waals surface area contributed by atoms with Crippen LogP contribution >= 0.6 is 0 Å². The summed E-state index contributed by atoms with van der Waals surface area (Å²) in [5, 5.41) is 3.36. The van der Waals surface area contributed by atoms with E-state index in [9.17, 15) is 4.79 Å². The first-order valence-electron chi connectivity index (χ1n) is 8.37. The van der Waals surface area contributed by atoms with Crippen molar-refractivity contribution in [1.82, 2.24) is 5.32 Å². The number of hydrogen-bond acceptors (Lipinski definition) is 3. The highest BCUT2D eigenvalue weighted by Gasteiger charge is 2.34. The first-order valence-corrected chi connectivity index (χ1v) is 8.37. The molecule has 0 amide bonds. The average molecular weight is 295 g/mol. The summed E-state index contributed by atoms with van der Waals surface area (Å²) in [6, 6.07) is 0. The van der Waals surface area contributed by atoms with Gasteiger partial charge in [0, 0.05) is 12.3 Å². The topological polar surface area (TPSA) is 38.3 Å². The number of carbonyl (C=O) groups excluding carboxylic acids is 1. The third kappa shape index (κ3) is 7.12. The maximum Gasteiger partial charge on any atom is 0.306 e. The lowest BCUT2D eigenvalue weighted by Crippen LogP contribution is -2.42. The Morgan fingerprint density at radius 2 is 1.95 bits per heavy atom. The molecule has 0 spiro atoms. The molecule has 0 radical (unpaired) electrons. The zero-order valence-electron chi connectivity index (χ0n) is 14.5. The smallest absolute Gasteiger partial charge is 0.306 e. The second kappa shape index (κ2) is 8.57. The van der Waals surface area contributed by atoms with Crippen molar-refractivity contribution in [3.8, 4) is 0 Å². The van der Waals surface area contributed by atoms with Crippen LogP contribution in [0.5, 0.6) is 0 Å². The molecular weight excluding hydrogens is 262 g/mol. The summed E-state index contributed by atoms with van der Waals surface area (Å²) in [5.41, 5.74) is 1.01. The van der Waals surface area contributed by atoms with Crippen molar-refractivity contribution in [2.45, 2.75) is 72.3 Å². The van der Waals surface area contributed by atoms with E-state index < -0.39 is 0 Å². The van der Waals surface area contributed by atoms with E-state index in [1.165, 1.54) is 5.57 Å². The Hall–Kier alpha value is -0.830. The lowest BCUT2D eigenvalue weighted by atomic mass is 9.83. The van der Waals surface area contributed by atoms with Crippen molar-refractivity contribution in [1.29, 1.82) is 0 Å². The first kappa shape index (κ1) is 18.2. The lowest BCUT2D eigenvalue weighted by molar-refractivity contribution is -0.163. The zero-order chi connectivity index (χ0) is 15.9. The van der Waals surface area contributed by atoms with Gasteiger partial charge in [0.2, 0.25) is 0 Å². The number of ether oxygens (including phenoxy) is 1. The first-order chi connectivity index (χ1) is 9.81. The van der Waals surface area contributed by atoms with Gasteiger partial charge in [0.15, 0.2) is 0 Å². The van der Waals surface area contributed by atoms with E-state index >= 15 is 0 Å². The maximum absolute atomic E-state index is 12.2. The predicted molar refractivity (Wildman–Crippen MR) is 88.2 cm³/mol. The van der Waals surface area contributed by atoms with Gasteiger partial charge in [-0.15, -0.1) is 0 Å². The molecule has 1 aliphatic rings. The van der Waals surface area contributed by atoms with Crippen molar-refractivity contribution in [2.75, 3.05) is 13.1 Å². The van der Waals surface area contributed by atoms with Gasteiger partial charge in [-0.2, -0.15) is 0 Å². The molecule has 0 aliphatic carbocycles. The number of nitrogens with one attached hydrogen (secondary N) is 1. The summed E-state index contributed by atoms with van der Waals surface area (Å²) in [7, 11) is 0. The highest BCUT2D eigenvalue weighted by Crippen LogP contribution is 2.29. The summed E-state index contributed by atoms with van der Waals surface area (Å²) in [6.07, 6.45) is 7.06. The molecule has 1 atom stereocenters. The molecule has 1 N–H and O–H groups in total. The molecule has 1 fully saturated rings. The minimum Gasteiger partial charge on any atom is -0.459 e. The Morgan fingerprint density at radius 1 is 1.33 bits per heavy atom. The van der Waals surface area contributed by atoms with E-state index in [0.717, 1.165) is 38.8 Å². The van der Waals surface area contributed by atoms with Crippen LogP contribution in [0.25, 0.3) is 0 Å². The average Bonchev–Trinajstić information content (AvgIpc) is 2.38. The van der Waals surface area contributed by atoms with Gasteiger partial charge >= 0.3 is 5.97 Å². The van der Waals surface area contributed by atoms with Crippen LogP contribution in [0, 0.1) is 11.8 Å². The fourth-order valence-electron chi connectivity index (χ4n) is 2.98. The molecule has 0 aromatic carbocycles. The van der Waals surface area contributed by atoms with Crippen molar-refractivity contribution in [3.63, 3.8) is 0 Å². The van der Waals surface area contributed by atoms with E-state index in [1.54, 1.807) is 0 Å². The van der Waals surface area contributed by atoms with Gasteiger partial charge in [-0.3, -0.25) is 4.79 Å². The Kier molecular flexibility index (Phi) is 7.44. The van der Waals surface area contributed by atoms with Crippen molar-refractivity contribution < 1.29 is 9.53 Å². The van der Waals surface area contributed by atoms with Gasteiger partial charge in [-0.1, -0.05) is 18.6 Å². The van der Waals surface area contributed by atoms with E-state index in [-0.39, 0.29) is 11.6 Å². The number of piperidine rings is 1. The maximum atomic E-state index is 12.2. The van der Waals surface area contributed by atoms with E-state index in [4.69, 9.17) is 4.74 Å². The lowest BCUT2D eigenvalue weighted by Gasteiger charge is -2.37. The predicted octanol–water partition coefficient (Wildman–Crippen LogP) is 4.08. The highest BCUT2D eigenvalue weighted by molar-refractivity contribution is 5.70. The normalized spacial score (nSPS) is 18.1. The SMILES string of the molecule is CC(C)=CCCC(C)CC(=O)OC(C)(C)C1CCNCC1. The summed E-state index contributed by atoms with van der Waals surface area (Å²) in [4.78, 5) is 12.2. The Balaban J connectivity index is 2.35. The number of rotatable bonds is 7. The third-order valence-corrected chi connectivity index (χ3v) is 4.43. The molecule has 1 unspecified atom stereocenters. The second-order valence-electron chi connectivity index (χ2n) is 7.27. The van der Waals surface area contributed by atoms with Gasteiger partial charge < -0.3 is 10.1 Å². The molecule has 3 nitrogen and oxygen atoms in total. The zero-order valence-corrected chi connectivity index (χ0v) is 14.5. The molecule has 1 heterocycles. The Morgan fingerprint density at radius 3 is 2.52 bits per heavy atom. The van der Waals surface area contributed by atoms with E-state index in [0.29, 0.717) is 18.3 Å². The molecule has 21 heavy (non-hydrogen) atoms. The second-order valence-corrected chi connectivity index (χ2v) is 7.27. The molecular formula is C18H33NO2. The van der Waals surface area contributed by atoms with Gasteiger partial charge in [0.05, 0.1) is 0 Å². The van der Waals surface area contributed by atoms with E-state index in [1.807, 2.05) is 0 Å². The van der Waals surface area contributed by atoms with Crippen LogP contribution in [-0.4, -0.2) is 24.7 Å². The van der Waals surface area contributed by atoms with Gasteiger partial charge in [0.1, 0.15) is 5.60 Å². The summed E-state index contributed by atoms with van der Waals surface area (Å²) < 4.78 is 5.79. The largest absolute Gasteiger partial charge is 0.459 e. The van der Waals surface area contributed by atoms with Crippen LogP contribution in [0.15, 0.2) is 11.6 Å². The summed E-state index contributed by atoms with van der Waals surface area (Å²) >= 11 is 0. The number of allylic oxidation sites excluding steroid dienone is 2. The van der Waals surface area contributed by atoms with Crippen LogP contribution in [0.3, 0.4) is 0 Å². The molecule has 0 saturated carbocycles. The minimum atomic E-state index is -0.335. The minimum absolute atomic E-state index is 0.0387. The number of hydrogen-bond donors (Lipinski definition) is 1. The van der Waals surface area contributed by atoms with Crippen molar-refractivity contribution >= 4 is 5.97 Å². The number of carbonyl (C=O) groups is 1. The van der Waals surface area contributed by atoms with Gasteiger partial charge in [0.25, 0.3) is 0 Å².